The second-order valence-corrected chi connectivity index (χ2v) is 5.74. The summed E-state index contributed by atoms with van der Waals surface area (Å²) in [4.78, 5) is 0. The summed E-state index contributed by atoms with van der Waals surface area (Å²) in [5, 5.41) is 10.1. The molecular formula is C14H13ClN2OS. The third kappa shape index (κ3) is 3.69. The first-order valence-electron chi connectivity index (χ1n) is 5.72. The van der Waals surface area contributed by atoms with Gasteiger partial charge in [0.25, 0.3) is 5.19 Å². The minimum absolute atomic E-state index is 0.512. The van der Waals surface area contributed by atoms with E-state index in [1.165, 1.54) is 11.3 Å². The van der Waals surface area contributed by atoms with Gasteiger partial charge in [-0.15, -0.1) is 11.0 Å². The van der Waals surface area contributed by atoms with Gasteiger partial charge in [0, 0.05) is 10.6 Å². The summed E-state index contributed by atoms with van der Waals surface area (Å²) in [5.41, 5.74) is 0.405. The van der Waals surface area contributed by atoms with Crippen molar-refractivity contribution in [3.05, 3.63) is 29.3 Å². The zero-order valence-corrected chi connectivity index (χ0v) is 12.5. The molecule has 0 saturated heterocycles. The maximum atomic E-state index is 5.85. The van der Waals surface area contributed by atoms with Crippen molar-refractivity contribution in [2.24, 2.45) is 0 Å². The maximum Gasteiger partial charge on any atom is 0.295 e. The van der Waals surface area contributed by atoms with Crippen molar-refractivity contribution >= 4 is 22.9 Å². The molecule has 5 heteroatoms. The van der Waals surface area contributed by atoms with Crippen molar-refractivity contribution in [1.29, 1.82) is 0 Å². The van der Waals surface area contributed by atoms with Gasteiger partial charge in [-0.25, -0.2) is 0 Å². The van der Waals surface area contributed by atoms with E-state index in [9.17, 15) is 0 Å². The van der Waals surface area contributed by atoms with Crippen molar-refractivity contribution in [3.8, 4) is 27.6 Å². The Bertz CT molecular complexity index is 623. The maximum absolute atomic E-state index is 5.85. The Labute approximate surface area is 121 Å². The van der Waals surface area contributed by atoms with Gasteiger partial charge >= 0.3 is 0 Å². The van der Waals surface area contributed by atoms with Crippen LogP contribution in [0, 0.1) is 11.8 Å². The predicted molar refractivity (Wildman–Crippen MR) is 78.5 cm³/mol. The topological polar surface area (TPSA) is 35.0 Å². The van der Waals surface area contributed by atoms with Crippen molar-refractivity contribution in [1.82, 2.24) is 10.2 Å². The molecule has 1 aromatic heterocycles. The largest absolute Gasteiger partial charge is 0.450 e. The molecule has 0 spiro atoms. The zero-order chi connectivity index (χ0) is 13.9. The molecule has 1 heterocycles. The Morgan fingerprint density at radius 1 is 1.21 bits per heavy atom. The summed E-state index contributed by atoms with van der Waals surface area (Å²) in [5.74, 6) is 5.82. The highest BCUT2D eigenvalue weighted by molar-refractivity contribution is 7.16. The normalized spacial score (nSPS) is 10.7. The molecule has 1 aromatic carbocycles. The molecule has 0 bridgehead atoms. The lowest BCUT2D eigenvalue weighted by Gasteiger charge is -2.16. The number of hydrogen-bond acceptors (Lipinski definition) is 4. The van der Waals surface area contributed by atoms with Crippen LogP contribution >= 0.6 is 22.9 Å². The van der Waals surface area contributed by atoms with Gasteiger partial charge in [-0.05, 0) is 32.9 Å². The Morgan fingerprint density at radius 3 is 2.53 bits per heavy atom. The van der Waals surface area contributed by atoms with E-state index in [-0.39, 0.29) is 0 Å². The number of ether oxygens (including phenoxy) is 1. The van der Waals surface area contributed by atoms with Crippen LogP contribution in [-0.4, -0.2) is 15.8 Å². The molecular weight excluding hydrogens is 280 g/mol. The Hall–Kier alpha value is -1.57. The molecule has 2 rings (SSSR count). The lowest BCUT2D eigenvalue weighted by Crippen LogP contribution is -2.25. The van der Waals surface area contributed by atoms with Gasteiger partial charge in [0.05, 0.1) is 0 Å². The van der Waals surface area contributed by atoms with E-state index in [0.717, 1.165) is 10.6 Å². The fourth-order valence-electron chi connectivity index (χ4n) is 1.50. The third-order valence-corrected chi connectivity index (χ3v) is 3.37. The number of nitrogens with zero attached hydrogens (tertiary/aromatic N) is 2. The van der Waals surface area contributed by atoms with Gasteiger partial charge < -0.3 is 4.74 Å². The average molecular weight is 293 g/mol. The van der Waals surface area contributed by atoms with Crippen molar-refractivity contribution in [2.45, 2.75) is 26.4 Å². The van der Waals surface area contributed by atoms with E-state index in [2.05, 4.69) is 22.0 Å². The van der Waals surface area contributed by atoms with Gasteiger partial charge in [0.1, 0.15) is 0 Å². The average Bonchev–Trinajstić information content (AvgIpc) is 2.77. The van der Waals surface area contributed by atoms with Crippen LogP contribution in [0.4, 0.5) is 0 Å². The molecule has 3 nitrogen and oxygen atoms in total. The summed E-state index contributed by atoms with van der Waals surface area (Å²) in [6.07, 6.45) is 0. The minimum Gasteiger partial charge on any atom is -0.450 e. The van der Waals surface area contributed by atoms with E-state index in [4.69, 9.17) is 16.3 Å². The van der Waals surface area contributed by atoms with Crippen LogP contribution in [0.3, 0.4) is 0 Å². The molecule has 0 unspecified atom stereocenters. The molecule has 98 valence electrons. The van der Waals surface area contributed by atoms with Crippen molar-refractivity contribution in [2.75, 3.05) is 0 Å². The van der Waals surface area contributed by atoms with Crippen LogP contribution in [0.2, 0.25) is 5.02 Å². The summed E-state index contributed by atoms with van der Waals surface area (Å²) in [6, 6.07) is 7.46. The molecule has 0 amide bonds. The molecule has 19 heavy (non-hydrogen) atoms. The van der Waals surface area contributed by atoms with E-state index < -0.39 is 5.60 Å². The van der Waals surface area contributed by atoms with Crippen molar-refractivity contribution < 1.29 is 4.74 Å². The second-order valence-electron chi connectivity index (χ2n) is 4.37. The van der Waals surface area contributed by atoms with Crippen LogP contribution in [0.25, 0.3) is 10.6 Å². The Balaban J connectivity index is 2.19. The molecule has 2 aromatic rings. The number of aromatic nitrogens is 2. The molecule has 0 radical (unpaired) electrons. The Morgan fingerprint density at radius 2 is 1.89 bits per heavy atom. The molecule has 0 saturated carbocycles. The molecule has 0 atom stereocenters. The lowest BCUT2D eigenvalue weighted by molar-refractivity contribution is 0.170. The molecule has 0 aliphatic rings. The number of hydrogen-bond donors (Lipinski definition) is 0. The van der Waals surface area contributed by atoms with Gasteiger partial charge in [0.2, 0.25) is 0 Å². The van der Waals surface area contributed by atoms with Gasteiger partial charge in [-0.3, -0.25) is 0 Å². The van der Waals surface area contributed by atoms with Crippen LogP contribution in [0.5, 0.6) is 5.19 Å². The molecule has 0 aliphatic heterocycles. The fourth-order valence-corrected chi connectivity index (χ4v) is 2.46. The van der Waals surface area contributed by atoms with E-state index in [1.54, 1.807) is 6.92 Å². The van der Waals surface area contributed by atoms with Crippen LogP contribution in [0.15, 0.2) is 24.3 Å². The third-order valence-electron chi connectivity index (χ3n) is 2.27. The molecule has 0 aliphatic carbocycles. The zero-order valence-electron chi connectivity index (χ0n) is 10.9. The quantitative estimate of drug-likeness (QED) is 0.801. The highest BCUT2D eigenvalue weighted by Crippen LogP contribution is 2.30. The number of halogens is 1. The number of rotatable bonds is 3. The molecule has 0 N–H and O–H groups in total. The summed E-state index contributed by atoms with van der Waals surface area (Å²) in [7, 11) is 0. The van der Waals surface area contributed by atoms with Gasteiger partial charge in [-0.1, -0.05) is 46.1 Å². The summed E-state index contributed by atoms with van der Waals surface area (Å²) >= 11 is 7.24. The first-order valence-corrected chi connectivity index (χ1v) is 6.92. The first kappa shape index (κ1) is 13.9. The van der Waals surface area contributed by atoms with Crippen LogP contribution < -0.4 is 4.74 Å². The number of benzene rings is 1. The van der Waals surface area contributed by atoms with Crippen LogP contribution in [0.1, 0.15) is 20.8 Å². The lowest BCUT2D eigenvalue weighted by atomic mass is 10.1. The van der Waals surface area contributed by atoms with E-state index in [0.29, 0.717) is 10.2 Å². The van der Waals surface area contributed by atoms with Crippen LogP contribution in [-0.2, 0) is 0 Å². The Kier molecular flexibility index (Phi) is 4.08. The monoisotopic (exact) mass is 292 g/mol. The minimum atomic E-state index is -0.564. The SMILES string of the molecule is CC#CC(C)(C)Oc1nnc(-c2ccc(Cl)cc2)s1. The predicted octanol–water partition coefficient (Wildman–Crippen LogP) is 4.04. The van der Waals surface area contributed by atoms with Gasteiger partial charge in [-0.2, -0.15) is 0 Å². The summed E-state index contributed by atoms with van der Waals surface area (Å²) < 4.78 is 5.71. The second kappa shape index (κ2) is 5.60. The smallest absolute Gasteiger partial charge is 0.295 e. The first-order chi connectivity index (χ1) is 9.00. The van der Waals surface area contributed by atoms with Gasteiger partial charge in [0.15, 0.2) is 10.6 Å². The van der Waals surface area contributed by atoms with Crippen molar-refractivity contribution in [3.63, 3.8) is 0 Å². The highest BCUT2D eigenvalue weighted by atomic mass is 35.5. The standard InChI is InChI=1S/C14H13ClN2OS/c1-4-9-14(2,3)18-13-17-16-12(19-13)10-5-7-11(15)8-6-10/h5-8H,1-3H3. The molecule has 0 fully saturated rings. The highest BCUT2D eigenvalue weighted by Gasteiger charge is 2.19. The van der Waals surface area contributed by atoms with E-state index >= 15 is 0 Å². The van der Waals surface area contributed by atoms with E-state index in [1.807, 2.05) is 38.1 Å². The summed E-state index contributed by atoms with van der Waals surface area (Å²) in [6.45, 7) is 5.57. The fraction of sp³-hybridized carbons (Fsp3) is 0.286.